The van der Waals surface area contributed by atoms with E-state index in [0.717, 1.165) is 10.4 Å². The van der Waals surface area contributed by atoms with Crippen molar-refractivity contribution in [3.63, 3.8) is 0 Å². The standard InChI is InChI=1S/C21H15Cl2NO3S/c1-27-21(26)15-12-18(13-6-3-2-4-7-13)28-20(15)24-19(25)11-10-14-16(22)8-5-9-17(14)23/h2-12H,1H3,(H,24,25)/b11-10+. The third-order valence-corrected chi connectivity index (χ3v) is 5.59. The average molecular weight is 432 g/mol. The van der Waals surface area contributed by atoms with Crippen LogP contribution in [0.15, 0.2) is 60.7 Å². The Morgan fingerprint density at radius 2 is 1.71 bits per heavy atom. The van der Waals surface area contributed by atoms with Gasteiger partial charge in [-0.25, -0.2) is 4.79 Å². The van der Waals surface area contributed by atoms with Gasteiger partial charge in [0.25, 0.3) is 0 Å². The lowest BCUT2D eigenvalue weighted by Gasteiger charge is -2.03. The molecular formula is C21H15Cl2NO3S. The summed E-state index contributed by atoms with van der Waals surface area (Å²) in [5, 5.41) is 4.02. The highest BCUT2D eigenvalue weighted by atomic mass is 35.5. The minimum absolute atomic E-state index is 0.295. The Bertz CT molecular complexity index is 1020. The molecule has 0 radical (unpaired) electrons. The molecule has 0 spiro atoms. The molecule has 0 saturated carbocycles. The van der Waals surface area contributed by atoms with Gasteiger partial charge in [0.1, 0.15) is 5.00 Å². The Labute approximate surface area is 176 Å². The van der Waals surface area contributed by atoms with Gasteiger partial charge in [0.2, 0.25) is 5.91 Å². The van der Waals surface area contributed by atoms with Crippen LogP contribution in [0, 0.1) is 0 Å². The first-order chi connectivity index (χ1) is 13.5. The summed E-state index contributed by atoms with van der Waals surface area (Å²) in [7, 11) is 1.30. The summed E-state index contributed by atoms with van der Waals surface area (Å²) < 4.78 is 4.83. The van der Waals surface area contributed by atoms with Gasteiger partial charge in [-0.3, -0.25) is 4.79 Å². The highest BCUT2D eigenvalue weighted by Gasteiger charge is 2.18. The number of rotatable bonds is 5. The molecule has 3 aromatic rings. The van der Waals surface area contributed by atoms with E-state index in [1.54, 1.807) is 24.3 Å². The molecule has 1 amide bonds. The van der Waals surface area contributed by atoms with Gasteiger partial charge in [0, 0.05) is 26.6 Å². The predicted octanol–water partition coefficient (Wildman–Crippen LogP) is 6.16. The molecule has 0 atom stereocenters. The second kappa shape index (κ2) is 9.06. The molecule has 3 rings (SSSR count). The number of hydrogen-bond donors (Lipinski definition) is 1. The van der Waals surface area contributed by atoms with Crippen molar-refractivity contribution in [1.82, 2.24) is 0 Å². The van der Waals surface area contributed by atoms with Crippen molar-refractivity contribution < 1.29 is 14.3 Å². The monoisotopic (exact) mass is 431 g/mol. The molecule has 0 aliphatic heterocycles. The fourth-order valence-electron chi connectivity index (χ4n) is 2.47. The molecule has 1 aromatic heterocycles. The van der Waals surface area contributed by atoms with Gasteiger partial charge in [-0.2, -0.15) is 0 Å². The first-order valence-corrected chi connectivity index (χ1v) is 9.77. The second-order valence-electron chi connectivity index (χ2n) is 5.67. The Morgan fingerprint density at radius 3 is 2.36 bits per heavy atom. The summed E-state index contributed by atoms with van der Waals surface area (Å²) in [5.74, 6) is -0.936. The summed E-state index contributed by atoms with van der Waals surface area (Å²) in [5.41, 5.74) is 1.78. The first kappa shape index (κ1) is 20.1. The number of carbonyl (C=O) groups excluding carboxylic acids is 2. The highest BCUT2D eigenvalue weighted by Crippen LogP contribution is 2.36. The van der Waals surface area contributed by atoms with Crippen molar-refractivity contribution >= 4 is 57.5 Å². The van der Waals surface area contributed by atoms with E-state index in [1.807, 2.05) is 30.3 Å². The van der Waals surface area contributed by atoms with Gasteiger partial charge in [-0.1, -0.05) is 59.6 Å². The quantitative estimate of drug-likeness (QED) is 0.388. The molecule has 28 heavy (non-hydrogen) atoms. The molecule has 1 N–H and O–H groups in total. The number of ether oxygens (including phenoxy) is 1. The summed E-state index contributed by atoms with van der Waals surface area (Å²) >= 11 is 13.5. The van der Waals surface area contributed by atoms with Crippen LogP contribution in [0.1, 0.15) is 15.9 Å². The van der Waals surface area contributed by atoms with Gasteiger partial charge >= 0.3 is 5.97 Å². The molecule has 4 nitrogen and oxygen atoms in total. The maximum atomic E-state index is 12.4. The molecule has 0 bridgehead atoms. The van der Waals surface area contributed by atoms with E-state index in [2.05, 4.69) is 5.32 Å². The van der Waals surface area contributed by atoms with E-state index in [1.165, 1.54) is 30.6 Å². The van der Waals surface area contributed by atoms with Gasteiger partial charge < -0.3 is 10.1 Å². The number of halogens is 2. The van der Waals surface area contributed by atoms with E-state index in [4.69, 9.17) is 27.9 Å². The first-order valence-electron chi connectivity index (χ1n) is 8.20. The molecule has 0 unspecified atom stereocenters. The lowest BCUT2D eigenvalue weighted by Crippen LogP contribution is -2.10. The third-order valence-electron chi connectivity index (χ3n) is 3.83. The fourth-order valence-corrected chi connectivity index (χ4v) is 4.05. The summed E-state index contributed by atoms with van der Waals surface area (Å²) in [6.45, 7) is 0. The van der Waals surface area contributed by atoms with Gasteiger partial charge in [-0.15, -0.1) is 11.3 Å². The van der Waals surface area contributed by atoms with Crippen molar-refractivity contribution in [3.05, 3.63) is 81.8 Å². The van der Waals surface area contributed by atoms with Crippen LogP contribution in [0.5, 0.6) is 0 Å². The Balaban J connectivity index is 1.86. The van der Waals surface area contributed by atoms with Crippen LogP contribution in [0.4, 0.5) is 5.00 Å². The van der Waals surface area contributed by atoms with Crippen LogP contribution in [-0.2, 0) is 9.53 Å². The van der Waals surface area contributed by atoms with Crippen LogP contribution in [0.25, 0.3) is 16.5 Å². The maximum Gasteiger partial charge on any atom is 0.340 e. The number of carbonyl (C=O) groups is 2. The smallest absolute Gasteiger partial charge is 0.340 e. The number of hydrogen-bond acceptors (Lipinski definition) is 4. The van der Waals surface area contributed by atoms with Crippen LogP contribution >= 0.6 is 34.5 Å². The predicted molar refractivity (Wildman–Crippen MR) is 115 cm³/mol. The van der Waals surface area contributed by atoms with Gasteiger partial charge in [-0.05, 0) is 29.8 Å². The highest BCUT2D eigenvalue weighted by molar-refractivity contribution is 7.20. The van der Waals surface area contributed by atoms with E-state index in [0.29, 0.717) is 26.2 Å². The molecule has 142 valence electrons. The number of methoxy groups -OCH3 is 1. The Hall–Kier alpha value is -2.60. The van der Waals surface area contributed by atoms with Crippen molar-refractivity contribution in [1.29, 1.82) is 0 Å². The maximum absolute atomic E-state index is 12.4. The van der Waals surface area contributed by atoms with Crippen LogP contribution in [-0.4, -0.2) is 19.0 Å². The molecule has 2 aromatic carbocycles. The number of amides is 1. The van der Waals surface area contributed by atoms with Gasteiger partial charge in [0.05, 0.1) is 12.7 Å². The Kier molecular flexibility index (Phi) is 6.52. The normalized spacial score (nSPS) is 10.8. The van der Waals surface area contributed by atoms with Gasteiger partial charge in [0.15, 0.2) is 0 Å². The number of esters is 1. The van der Waals surface area contributed by atoms with E-state index in [9.17, 15) is 9.59 Å². The molecular weight excluding hydrogens is 417 g/mol. The van der Waals surface area contributed by atoms with E-state index < -0.39 is 11.9 Å². The molecule has 1 heterocycles. The van der Waals surface area contributed by atoms with Crippen LogP contribution < -0.4 is 5.32 Å². The zero-order chi connectivity index (χ0) is 20.1. The zero-order valence-electron chi connectivity index (χ0n) is 14.7. The van der Waals surface area contributed by atoms with E-state index in [-0.39, 0.29) is 0 Å². The Morgan fingerprint density at radius 1 is 1.04 bits per heavy atom. The SMILES string of the molecule is COC(=O)c1cc(-c2ccccc2)sc1NC(=O)/C=C/c1c(Cl)cccc1Cl. The molecule has 0 aliphatic carbocycles. The number of anilines is 1. The molecule has 0 saturated heterocycles. The summed E-state index contributed by atoms with van der Waals surface area (Å²) in [4.78, 5) is 25.3. The summed E-state index contributed by atoms with van der Waals surface area (Å²) in [6, 6.07) is 16.4. The lowest BCUT2D eigenvalue weighted by atomic mass is 10.1. The number of benzene rings is 2. The molecule has 0 fully saturated rings. The number of thiophene rings is 1. The van der Waals surface area contributed by atoms with Crippen molar-refractivity contribution in [2.45, 2.75) is 0 Å². The van der Waals surface area contributed by atoms with Crippen molar-refractivity contribution in [3.8, 4) is 10.4 Å². The minimum atomic E-state index is -0.521. The third kappa shape index (κ3) is 4.62. The zero-order valence-corrected chi connectivity index (χ0v) is 17.1. The second-order valence-corrected chi connectivity index (χ2v) is 7.54. The van der Waals surface area contributed by atoms with Crippen molar-refractivity contribution in [2.24, 2.45) is 0 Å². The van der Waals surface area contributed by atoms with E-state index >= 15 is 0 Å². The summed E-state index contributed by atoms with van der Waals surface area (Å²) in [6.07, 6.45) is 2.85. The topological polar surface area (TPSA) is 55.4 Å². The lowest BCUT2D eigenvalue weighted by molar-refractivity contribution is -0.111. The van der Waals surface area contributed by atoms with Crippen LogP contribution in [0.3, 0.4) is 0 Å². The molecule has 0 aliphatic rings. The minimum Gasteiger partial charge on any atom is -0.465 e. The average Bonchev–Trinajstić information content (AvgIpc) is 3.11. The van der Waals surface area contributed by atoms with Crippen LogP contribution in [0.2, 0.25) is 10.0 Å². The fraction of sp³-hybridized carbons (Fsp3) is 0.0476. The molecule has 7 heteroatoms. The number of nitrogens with one attached hydrogen (secondary N) is 1. The largest absolute Gasteiger partial charge is 0.465 e. The van der Waals surface area contributed by atoms with Crippen molar-refractivity contribution in [2.75, 3.05) is 12.4 Å².